The average Bonchev–Trinajstić information content (AvgIpc) is 3.28. The highest BCUT2D eigenvalue weighted by atomic mass is 19.4. The smallest absolute Gasteiger partial charge is 0.385 e. The molecule has 0 fully saturated rings. The highest BCUT2D eigenvalue weighted by molar-refractivity contribution is 6.01. The van der Waals surface area contributed by atoms with Crippen molar-refractivity contribution in [2.75, 3.05) is 14.1 Å². The topological polar surface area (TPSA) is 57.7 Å². The Bertz CT molecular complexity index is 1370. The second kappa shape index (κ2) is 10.0. The number of nitrogens with one attached hydrogen (secondary N) is 1. The van der Waals surface area contributed by atoms with Gasteiger partial charge in [0, 0.05) is 26.8 Å². The van der Waals surface area contributed by atoms with Crippen LogP contribution in [0.25, 0.3) is 16.9 Å². The third-order valence-corrected chi connectivity index (χ3v) is 5.85. The minimum Gasteiger partial charge on any atom is -0.385 e. The summed E-state index contributed by atoms with van der Waals surface area (Å²) in [7, 11) is 3.01. The van der Waals surface area contributed by atoms with E-state index in [1.54, 1.807) is 36.5 Å². The lowest BCUT2D eigenvalue weighted by Gasteiger charge is -2.21. The number of nitrogens with zero attached hydrogens (tertiary/aromatic N) is 3. The largest absolute Gasteiger partial charge is 0.416 e. The predicted octanol–water partition coefficient (Wildman–Crippen LogP) is 6.05. The van der Waals surface area contributed by atoms with Crippen LogP contribution in [0.5, 0.6) is 0 Å². The van der Waals surface area contributed by atoms with Crippen LogP contribution in [0.3, 0.4) is 0 Å². The standard InChI is InChI=1S/C26H22F6N4O2/c1-15-6-4-5-7-19(15)20-11-22(23-14-36(3)34-38-23)33-12-21(20)24(37)35(2)13-16-8-17(25(27,28)29)10-18(9-16)26(30,31)32/h4-12,14,34H,13H2,1-3H3. The summed E-state index contributed by atoms with van der Waals surface area (Å²) in [6.45, 7) is 1.35. The number of benzene rings is 2. The van der Waals surface area contributed by atoms with E-state index < -0.39 is 35.9 Å². The molecule has 0 atom stereocenters. The highest BCUT2D eigenvalue weighted by Gasteiger charge is 2.37. The molecule has 0 bridgehead atoms. The van der Waals surface area contributed by atoms with E-state index >= 15 is 0 Å². The summed E-state index contributed by atoms with van der Waals surface area (Å²) in [5, 5.41) is 1.56. The summed E-state index contributed by atoms with van der Waals surface area (Å²) in [5.74, 6) is -0.247. The van der Waals surface area contributed by atoms with Gasteiger partial charge in [0.1, 0.15) is 5.69 Å². The van der Waals surface area contributed by atoms with Crippen LogP contribution in [-0.4, -0.2) is 34.9 Å². The first kappa shape index (κ1) is 27.0. The zero-order valence-electron chi connectivity index (χ0n) is 20.4. The van der Waals surface area contributed by atoms with Crippen molar-refractivity contribution < 1.29 is 36.0 Å². The Morgan fingerprint density at radius 1 is 1.00 bits per heavy atom. The minimum atomic E-state index is -4.99. The van der Waals surface area contributed by atoms with E-state index in [0.717, 1.165) is 10.5 Å². The third kappa shape index (κ3) is 5.75. The lowest BCUT2D eigenvalue weighted by atomic mass is 9.95. The fraction of sp³-hybridized carbons (Fsp3) is 0.231. The fourth-order valence-corrected chi connectivity index (χ4v) is 3.99. The number of hydrogen-bond acceptors (Lipinski definition) is 5. The van der Waals surface area contributed by atoms with Crippen LogP contribution < -0.4 is 5.59 Å². The molecule has 0 unspecified atom stereocenters. The van der Waals surface area contributed by atoms with Crippen LogP contribution in [-0.2, 0) is 23.7 Å². The van der Waals surface area contributed by atoms with Crippen LogP contribution in [0.4, 0.5) is 26.3 Å². The van der Waals surface area contributed by atoms with Crippen LogP contribution >= 0.6 is 0 Å². The molecule has 1 amide bonds. The van der Waals surface area contributed by atoms with Gasteiger partial charge < -0.3 is 9.74 Å². The van der Waals surface area contributed by atoms with Crippen molar-refractivity contribution in [2.45, 2.75) is 25.8 Å². The summed E-state index contributed by atoms with van der Waals surface area (Å²) in [6.07, 6.45) is -7.03. The Morgan fingerprint density at radius 2 is 1.63 bits per heavy atom. The number of aromatic nitrogens is 1. The molecule has 6 nitrogen and oxygen atoms in total. The molecule has 38 heavy (non-hydrogen) atoms. The Hall–Kier alpha value is -4.06. The summed E-state index contributed by atoms with van der Waals surface area (Å²) in [4.78, 5) is 24.2. The predicted molar refractivity (Wildman–Crippen MR) is 127 cm³/mol. The molecule has 2 heterocycles. The van der Waals surface area contributed by atoms with Gasteiger partial charge >= 0.3 is 12.4 Å². The zero-order chi connectivity index (χ0) is 27.8. The van der Waals surface area contributed by atoms with Gasteiger partial charge in [-0.1, -0.05) is 29.9 Å². The summed E-state index contributed by atoms with van der Waals surface area (Å²) in [6, 6.07) is 10.1. The number of rotatable bonds is 5. The van der Waals surface area contributed by atoms with Gasteiger partial charge in [-0.2, -0.15) is 26.3 Å². The summed E-state index contributed by atoms with van der Waals surface area (Å²) >= 11 is 0. The quantitative estimate of drug-likeness (QED) is 0.403. The van der Waals surface area contributed by atoms with E-state index in [0.29, 0.717) is 34.7 Å². The second-order valence-corrected chi connectivity index (χ2v) is 8.80. The van der Waals surface area contributed by atoms with Gasteiger partial charge in [0.15, 0.2) is 5.76 Å². The molecule has 1 aliphatic rings. The van der Waals surface area contributed by atoms with Crippen LogP contribution in [0.15, 0.2) is 60.9 Å². The maximum atomic E-state index is 13.5. The van der Waals surface area contributed by atoms with Crippen LogP contribution in [0.1, 0.15) is 38.3 Å². The number of pyridine rings is 1. The van der Waals surface area contributed by atoms with E-state index in [1.165, 1.54) is 13.2 Å². The number of amides is 1. The van der Waals surface area contributed by atoms with Gasteiger partial charge in [-0.05, 0) is 53.4 Å². The first-order valence-electron chi connectivity index (χ1n) is 11.2. The Morgan fingerprint density at radius 3 is 2.18 bits per heavy atom. The molecule has 0 aliphatic carbocycles. The van der Waals surface area contributed by atoms with Crippen molar-refractivity contribution >= 4 is 11.7 Å². The maximum Gasteiger partial charge on any atom is 0.416 e. The molecule has 3 aromatic rings. The van der Waals surface area contributed by atoms with Gasteiger partial charge in [0.2, 0.25) is 0 Å². The normalized spacial score (nSPS) is 13.8. The Kier molecular flexibility index (Phi) is 7.11. The Labute approximate surface area is 214 Å². The minimum absolute atomic E-state index is 0.0519. The first-order valence-corrected chi connectivity index (χ1v) is 11.2. The number of carbonyl (C=O) groups is 1. The molecular weight excluding hydrogens is 514 g/mol. The van der Waals surface area contributed by atoms with E-state index in [4.69, 9.17) is 4.84 Å². The molecule has 1 aliphatic heterocycles. The van der Waals surface area contributed by atoms with Gasteiger partial charge in [0.25, 0.3) is 5.91 Å². The van der Waals surface area contributed by atoms with E-state index in [-0.39, 0.29) is 17.2 Å². The zero-order valence-corrected chi connectivity index (χ0v) is 20.4. The summed E-state index contributed by atoms with van der Waals surface area (Å²) in [5.41, 5.74) is 1.95. The Balaban J connectivity index is 1.73. The van der Waals surface area contributed by atoms with E-state index in [2.05, 4.69) is 10.6 Å². The molecule has 1 N–H and O–H groups in total. The number of halogens is 6. The highest BCUT2D eigenvalue weighted by Crippen LogP contribution is 2.37. The first-order chi connectivity index (χ1) is 17.7. The fourth-order valence-electron chi connectivity index (χ4n) is 3.99. The maximum absolute atomic E-state index is 13.5. The van der Waals surface area contributed by atoms with Crippen molar-refractivity contribution in [2.24, 2.45) is 0 Å². The van der Waals surface area contributed by atoms with Crippen molar-refractivity contribution in [3.05, 3.63) is 94.4 Å². The lowest BCUT2D eigenvalue weighted by molar-refractivity contribution is -0.143. The average molecular weight is 536 g/mol. The second-order valence-electron chi connectivity index (χ2n) is 8.80. The molecule has 200 valence electrons. The number of aryl methyl sites for hydroxylation is 1. The van der Waals surface area contributed by atoms with Crippen molar-refractivity contribution in [1.29, 1.82) is 0 Å². The summed E-state index contributed by atoms with van der Waals surface area (Å²) < 4.78 is 79.7. The molecule has 0 radical (unpaired) electrons. The van der Waals surface area contributed by atoms with Crippen LogP contribution in [0, 0.1) is 6.92 Å². The van der Waals surface area contributed by atoms with Gasteiger partial charge in [0.05, 0.1) is 22.9 Å². The van der Waals surface area contributed by atoms with Crippen molar-refractivity contribution in [3.63, 3.8) is 0 Å². The molecule has 12 heteroatoms. The van der Waals surface area contributed by atoms with E-state index in [1.807, 2.05) is 19.1 Å². The third-order valence-electron chi connectivity index (χ3n) is 5.85. The van der Waals surface area contributed by atoms with Crippen LogP contribution in [0.2, 0.25) is 0 Å². The molecule has 1 aromatic heterocycles. The SMILES string of the molecule is Cc1ccccc1-c1cc(C2=CN(C)NO2)ncc1C(=O)N(C)Cc1cc(C(F)(F)F)cc(C(F)(F)F)c1. The number of alkyl halides is 6. The number of hydrazine groups is 1. The van der Waals surface area contributed by atoms with Gasteiger partial charge in [-0.25, -0.2) is 0 Å². The molecule has 0 saturated carbocycles. The molecule has 4 rings (SSSR count). The van der Waals surface area contributed by atoms with Gasteiger partial charge in [-0.3, -0.25) is 14.8 Å². The molecule has 0 spiro atoms. The lowest BCUT2D eigenvalue weighted by Crippen LogP contribution is -2.27. The van der Waals surface area contributed by atoms with E-state index in [9.17, 15) is 31.1 Å². The van der Waals surface area contributed by atoms with Gasteiger partial charge in [-0.15, -0.1) is 0 Å². The molecular formula is C26H22F6N4O2. The number of carbonyl (C=O) groups excluding carboxylic acids is 1. The molecule has 0 saturated heterocycles. The molecule has 2 aromatic carbocycles. The van der Waals surface area contributed by atoms with Crippen molar-refractivity contribution in [1.82, 2.24) is 20.5 Å². The monoisotopic (exact) mass is 536 g/mol. The van der Waals surface area contributed by atoms with Crippen molar-refractivity contribution in [3.8, 4) is 11.1 Å². The number of hydrogen-bond donors (Lipinski definition) is 1.